The third kappa shape index (κ3) is 3.17. The van der Waals surface area contributed by atoms with E-state index in [1.165, 1.54) is 0 Å². The van der Waals surface area contributed by atoms with Gasteiger partial charge in [0.1, 0.15) is 5.75 Å². The average molecular weight is 287 g/mol. The summed E-state index contributed by atoms with van der Waals surface area (Å²) in [7, 11) is -1.68. The highest BCUT2D eigenvalue weighted by Crippen LogP contribution is 2.30. The van der Waals surface area contributed by atoms with Crippen molar-refractivity contribution in [3.05, 3.63) is 27.7 Å². The first kappa shape index (κ1) is 12.5. The van der Waals surface area contributed by atoms with E-state index in [4.69, 9.17) is 4.43 Å². The standard InChI is InChI=1S/C11H15BrO2Si/c1-8-10(12)6-5-9(7-13)11(8)14-15(2,3)4/h5-7H,1-4H3. The Kier molecular flexibility index (Phi) is 3.73. The lowest BCUT2D eigenvalue weighted by Crippen LogP contribution is -2.30. The average Bonchev–Trinajstić information content (AvgIpc) is 2.11. The van der Waals surface area contributed by atoms with Gasteiger partial charge in [-0.15, -0.1) is 0 Å². The normalized spacial score (nSPS) is 11.3. The van der Waals surface area contributed by atoms with Gasteiger partial charge in [0.15, 0.2) is 6.29 Å². The van der Waals surface area contributed by atoms with Crippen molar-refractivity contribution in [2.24, 2.45) is 0 Å². The zero-order chi connectivity index (χ0) is 11.6. The molecule has 0 fully saturated rings. The summed E-state index contributed by atoms with van der Waals surface area (Å²) in [6, 6.07) is 3.65. The number of hydrogen-bond acceptors (Lipinski definition) is 2. The van der Waals surface area contributed by atoms with Crippen LogP contribution in [0.1, 0.15) is 15.9 Å². The lowest BCUT2D eigenvalue weighted by atomic mass is 10.1. The van der Waals surface area contributed by atoms with Gasteiger partial charge < -0.3 is 4.43 Å². The Bertz CT molecular complexity index is 383. The van der Waals surface area contributed by atoms with Crippen molar-refractivity contribution in [2.75, 3.05) is 0 Å². The summed E-state index contributed by atoms with van der Waals surface area (Å²) in [5.74, 6) is 0.721. The number of carbonyl (C=O) groups excluding carboxylic acids is 1. The summed E-state index contributed by atoms with van der Waals surface area (Å²) in [6.07, 6.45) is 0.842. The molecule has 0 aliphatic rings. The number of carbonyl (C=O) groups is 1. The lowest BCUT2D eigenvalue weighted by Gasteiger charge is -2.22. The maximum atomic E-state index is 10.9. The smallest absolute Gasteiger partial charge is 0.242 e. The maximum absolute atomic E-state index is 10.9. The molecular formula is C11H15BrO2Si. The highest BCUT2D eigenvalue weighted by molar-refractivity contribution is 9.10. The molecule has 0 saturated heterocycles. The first-order valence-electron chi connectivity index (χ1n) is 4.78. The van der Waals surface area contributed by atoms with Gasteiger partial charge in [-0.3, -0.25) is 4.79 Å². The van der Waals surface area contributed by atoms with E-state index in [-0.39, 0.29) is 0 Å². The van der Waals surface area contributed by atoms with E-state index in [9.17, 15) is 4.79 Å². The number of halogens is 1. The molecule has 0 amide bonds. The third-order valence-corrected chi connectivity index (χ3v) is 3.58. The molecule has 1 aromatic rings. The monoisotopic (exact) mass is 286 g/mol. The number of aldehydes is 1. The molecule has 0 radical (unpaired) electrons. The van der Waals surface area contributed by atoms with Crippen LogP contribution < -0.4 is 4.43 Å². The highest BCUT2D eigenvalue weighted by atomic mass is 79.9. The third-order valence-electron chi connectivity index (χ3n) is 1.91. The molecule has 0 aliphatic carbocycles. The van der Waals surface area contributed by atoms with Crippen LogP contribution in [-0.2, 0) is 0 Å². The van der Waals surface area contributed by atoms with Gasteiger partial charge in [-0.2, -0.15) is 0 Å². The predicted octanol–water partition coefficient (Wildman–Crippen LogP) is 3.78. The molecule has 0 N–H and O–H groups in total. The molecule has 1 rings (SSSR count). The minimum atomic E-state index is -1.68. The van der Waals surface area contributed by atoms with Crippen LogP contribution in [0, 0.1) is 6.92 Å². The van der Waals surface area contributed by atoms with Crippen LogP contribution >= 0.6 is 15.9 Å². The van der Waals surface area contributed by atoms with Crippen molar-refractivity contribution in [2.45, 2.75) is 26.6 Å². The van der Waals surface area contributed by atoms with E-state index in [0.29, 0.717) is 5.56 Å². The Labute approximate surface area is 99.9 Å². The zero-order valence-electron chi connectivity index (χ0n) is 9.43. The lowest BCUT2D eigenvalue weighted by molar-refractivity contribution is 0.112. The van der Waals surface area contributed by atoms with E-state index in [1.807, 2.05) is 13.0 Å². The first-order valence-corrected chi connectivity index (χ1v) is 8.98. The van der Waals surface area contributed by atoms with Crippen molar-refractivity contribution in [3.63, 3.8) is 0 Å². The molecule has 0 saturated carbocycles. The SMILES string of the molecule is Cc1c(Br)ccc(C=O)c1O[Si](C)(C)C. The van der Waals surface area contributed by atoms with Crippen molar-refractivity contribution in [1.29, 1.82) is 0 Å². The van der Waals surface area contributed by atoms with E-state index < -0.39 is 8.32 Å². The molecule has 15 heavy (non-hydrogen) atoms. The topological polar surface area (TPSA) is 26.3 Å². The van der Waals surface area contributed by atoms with Crippen LogP contribution in [0.2, 0.25) is 19.6 Å². The van der Waals surface area contributed by atoms with Gasteiger partial charge >= 0.3 is 0 Å². The summed E-state index contributed by atoms with van der Waals surface area (Å²) < 4.78 is 6.89. The molecule has 0 heterocycles. The second kappa shape index (κ2) is 4.49. The number of rotatable bonds is 3. The summed E-state index contributed by atoms with van der Waals surface area (Å²) in [5.41, 5.74) is 1.61. The molecule has 0 spiro atoms. The van der Waals surface area contributed by atoms with Gasteiger partial charge in [0.2, 0.25) is 8.32 Å². The maximum Gasteiger partial charge on any atom is 0.242 e. The van der Waals surface area contributed by atoms with Crippen LogP contribution in [0.5, 0.6) is 5.75 Å². The van der Waals surface area contributed by atoms with Crippen molar-refractivity contribution < 1.29 is 9.22 Å². The van der Waals surface area contributed by atoms with E-state index in [2.05, 4.69) is 35.6 Å². The minimum Gasteiger partial charge on any atom is -0.544 e. The fourth-order valence-electron chi connectivity index (χ4n) is 1.22. The Morgan fingerprint density at radius 3 is 2.40 bits per heavy atom. The van der Waals surface area contributed by atoms with Crippen LogP contribution in [0.25, 0.3) is 0 Å². The Hall–Kier alpha value is -0.613. The molecule has 4 heteroatoms. The molecule has 0 aliphatic heterocycles. The first-order chi connectivity index (χ1) is 6.85. The predicted molar refractivity (Wildman–Crippen MR) is 68.2 cm³/mol. The molecule has 0 unspecified atom stereocenters. The fraction of sp³-hybridized carbons (Fsp3) is 0.364. The fourth-order valence-corrected chi connectivity index (χ4v) is 2.42. The quantitative estimate of drug-likeness (QED) is 0.624. The van der Waals surface area contributed by atoms with Gasteiger partial charge in [0.05, 0.1) is 5.56 Å². The summed E-state index contributed by atoms with van der Waals surface area (Å²) in [4.78, 5) is 10.9. The van der Waals surface area contributed by atoms with Gasteiger partial charge in [0.25, 0.3) is 0 Å². The van der Waals surface area contributed by atoms with Gasteiger partial charge in [-0.25, -0.2) is 0 Å². The van der Waals surface area contributed by atoms with Crippen molar-refractivity contribution in [1.82, 2.24) is 0 Å². The summed E-state index contributed by atoms with van der Waals surface area (Å²) >= 11 is 3.44. The summed E-state index contributed by atoms with van der Waals surface area (Å²) in [5, 5.41) is 0. The van der Waals surface area contributed by atoms with Gasteiger partial charge in [-0.05, 0) is 38.7 Å². The van der Waals surface area contributed by atoms with E-state index >= 15 is 0 Å². The van der Waals surface area contributed by atoms with E-state index in [1.54, 1.807) is 6.07 Å². The van der Waals surface area contributed by atoms with Gasteiger partial charge in [-0.1, -0.05) is 15.9 Å². The van der Waals surface area contributed by atoms with Crippen LogP contribution in [0.15, 0.2) is 16.6 Å². The second-order valence-electron chi connectivity index (χ2n) is 4.42. The number of benzene rings is 1. The van der Waals surface area contributed by atoms with E-state index in [0.717, 1.165) is 22.1 Å². The van der Waals surface area contributed by atoms with Crippen molar-refractivity contribution in [3.8, 4) is 5.75 Å². The Morgan fingerprint density at radius 2 is 1.93 bits per heavy atom. The molecule has 0 aromatic heterocycles. The molecule has 0 atom stereocenters. The van der Waals surface area contributed by atoms with Crippen LogP contribution in [0.4, 0.5) is 0 Å². The second-order valence-corrected chi connectivity index (χ2v) is 9.71. The molecule has 82 valence electrons. The molecule has 1 aromatic carbocycles. The van der Waals surface area contributed by atoms with Crippen molar-refractivity contribution >= 4 is 30.5 Å². The summed E-state index contributed by atoms with van der Waals surface area (Å²) in [6.45, 7) is 8.25. The van der Waals surface area contributed by atoms with Gasteiger partial charge in [0, 0.05) is 10.0 Å². The Morgan fingerprint density at radius 1 is 1.33 bits per heavy atom. The highest BCUT2D eigenvalue weighted by Gasteiger charge is 2.20. The molecular weight excluding hydrogens is 272 g/mol. The largest absolute Gasteiger partial charge is 0.544 e. The van der Waals surface area contributed by atoms with Crippen LogP contribution in [-0.4, -0.2) is 14.6 Å². The molecule has 2 nitrogen and oxygen atoms in total. The number of hydrogen-bond donors (Lipinski definition) is 0. The zero-order valence-corrected chi connectivity index (χ0v) is 12.0. The Balaban J connectivity index is 3.24. The van der Waals surface area contributed by atoms with Crippen LogP contribution in [0.3, 0.4) is 0 Å². The minimum absolute atomic E-state index is 0.623. The molecule has 0 bridgehead atoms.